The molecule has 0 aliphatic carbocycles. The molecule has 0 bridgehead atoms. The standard InChI is InChI=1S/C8H14O2/c1-3-5-7(6-4-2)8(9)10/h3,5,7H,4,6H2,1-2H3,(H,9,10)/b5-3+/t7-/m0/s1. The number of rotatable bonds is 4. The highest BCUT2D eigenvalue weighted by atomic mass is 16.4. The lowest BCUT2D eigenvalue weighted by Crippen LogP contribution is -2.09. The molecule has 0 fully saturated rings. The van der Waals surface area contributed by atoms with Crippen molar-refractivity contribution in [3.05, 3.63) is 12.2 Å². The van der Waals surface area contributed by atoms with Crippen molar-refractivity contribution in [3.63, 3.8) is 0 Å². The van der Waals surface area contributed by atoms with Crippen molar-refractivity contribution in [3.8, 4) is 0 Å². The average molecular weight is 142 g/mol. The van der Waals surface area contributed by atoms with Gasteiger partial charge in [0.1, 0.15) is 0 Å². The Morgan fingerprint density at radius 2 is 2.30 bits per heavy atom. The summed E-state index contributed by atoms with van der Waals surface area (Å²) < 4.78 is 0. The van der Waals surface area contributed by atoms with Crippen LogP contribution in [0.5, 0.6) is 0 Å². The summed E-state index contributed by atoms with van der Waals surface area (Å²) in [6.45, 7) is 3.82. The maximum atomic E-state index is 10.4. The number of hydrogen-bond acceptors (Lipinski definition) is 1. The van der Waals surface area contributed by atoms with Crippen LogP contribution in [0.2, 0.25) is 0 Å². The number of hydrogen-bond donors (Lipinski definition) is 1. The largest absolute Gasteiger partial charge is 0.481 e. The quantitative estimate of drug-likeness (QED) is 0.610. The maximum absolute atomic E-state index is 10.4. The SMILES string of the molecule is C/C=C/[C@@H](CCC)C(=O)O. The molecule has 0 aliphatic rings. The third kappa shape index (κ3) is 3.28. The molecule has 0 radical (unpaired) electrons. The second-order valence-electron chi connectivity index (χ2n) is 2.26. The fraction of sp³-hybridized carbons (Fsp3) is 0.625. The molecule has 0 aliphatic heterocycles. The molecule has 10 heavy (non-hydrogen) atoms. The number of carboxylic acid groups (broad SMARTS) is 1. The zero-order valence-electron chi connectivity index (χ0n) is 6.50. The number of carbonyl (C=O) groups is 1. The minimum Gasteiger partial charge on any atom is -0.481 e. The highest BCUT2D eigenvalue weighted by molar-refractivity contribution is 5.71. The lowest BCUT2D eigenvalue weighted by atomic mass is 10.0. The van der Waals surface area contributed by atoms with Gasteiger partial charge < -0.3 is 5.11 Å². The Morgan fingerprint density at radius 1 is 1.70 bits per heavy atom. The van der Waals surface area contributed by atoms with Crippen LogP contribution in [-0.2, 0) is 4.79 Å². The molecular formula is C8H14O2. The summed E-state index contributed by atoms with van der Waals surface area (Å²) in [7, 11) is 0. The highest BCUT2D eigenvalue weighted by Gasteiger charge is 2.10. The van der Waals surface area contributed by atoms with Gasteiger partial charge in [-0.3, -0.25) is 4.79 Å². The molecule has 0 heterocycles. The molecular weight excluding hydrogens is 128 g/mol. The van der Waals surface area contributed by atoms with Crippen LogP contribution in [0.1, 0.15) is 26.7 Å². The van der Waals surface area contributed by atoms with Crippen LogP contribution >= 0.6 is 0 Å². The van der Waals surface area contributed by atoms with E-state index in [1.54, 1.807) is 12.2 Å². The van der Waals surface area contributed by atoms with Crippen molar-refractivity contribution < 1.29 is 9.90 Å². The van der Waals surface area contributed by atoms with E-state index < -0.39 is 5.97 Å². The van der Waals surface area contributed by atoms with E-state index in [1.807, 2.05) is 13.8 Å². The molecule has 0 rings (SSSR count). The molecule has 0 aromatic rings. The van der Waals surface area contributed by atoms with E-state index in [9.17, 15) is 4.79 Å². The summed E-state index contributed by atoms with van der Waals surface area (Å²) >= 11 is 0. The van der Waals surface area contributed by atoms with Gasteiger partial charge in [0.25, 0.3) is 0 Å². The van der Waals surface area contributed by atoms with Crippen molar-refractivity contribution in [2.75, 3.05) is 0 Å². The van der Waals surface area contributed by atoms with Crippen molar-refractivity contribution in [1.29, 1.82) is 0 Å². The van der Waals surface area contributed by atoms with E-state index in [0.717, 1.165) is 12.8 Å². The first-order valence-electron chi connectivity index (χ1n) is 3.58. The summed E-state index contributed by atoms with van der Waals surface area (Å²) in [4.78, 5) is 10.4. The van der Waals surface area contributed by atoms with Gasteiger partial charge in [-0.2, -0.15) is 0 Å². The number of allylic oxidation sites excluding steroid dienone is 1. The first-order valence-corrected chi connectivity index (χ1v) is 3.58. The third-order valence-corrected chi connectivity index (χ3v) is 1.34. The first-order chi connectivity index (χ1) is 4.72. The molecule has 2 nitrogen and oxygen atoms in total. The van der Waals surface area contributed by atoms with E-state index >= 15 is 0 Å². The number of aliphatic carboxylic acids is 1. The molecule has 0 saturated carbocycles. The molecule has 0 spiro atoms. The van der Waals surface area contributed by atoms with Gasteiger partial charge in [0.2, 0.25) is 0 Å². The Hall–Kier alpha value is -0.790. The van der Waals surface area contributed by atoms with Crippen LogP contribution in [0, 0.1) is 5.92 Å². The van der Waals surface area contributed by atoms with Crippen molar-refractivity contribution >= 4 is 5.97 Å². The average Bonchev–Trinajstić information content (AvgIpc) is 1.87. The summed E-state index contributed by atoms with van der Waals surface area (Å²) in [5.74, 6) is -1.00. The van der Waals surface area contributed by atoms with E-state index in [0.29, 0.717) is 0 Å². The Labute approximate surface area is 61.6 Å². The molecule has 0 unspecified atom stereocenters. The van der Waals surface area contributed by atoms with Crippen LogP contribution in [0.25, 0.3) is 0 Å². The molecule has 0 amide bonds. The predicted molar refractivity (Wildman–Crippen MR) is 40.8 cm³/mol. The molecule has 1 N–H and O–H groups in total. The molecule has 0 saturated heterocycles. The Kier molecular flexibility index (Phi) is 4.63. The van der Waals surface area contributed by atoms with Gasteiger partial charge in [0.15, 0.2) is 0 Å². The molecule has 2 heteroatoms. The summed E-state index contributed by atoms with van der Waals surface area (Å²) in [5.41, 5.74) is 0. The van der Waals surface area contributed by atoms with Crippen LogP contribution < -0.4 is 0 Å². The van der Waals surface area contributed by atoms with Gasteiger partial charge in [0.05, 0.1) is 5.92 Å². The zero-order valence-corrected chi connectivity index (χ0v) is 6.50. The van der Waals surface area contributed by atoms with Crippen molar-refractivity contribution in [2.24, 2.45) is 5.92 Å². The third-order valence-electron chi connectivity index (χ3n) is 1.34. The Morgan fingerprint density at radius 3 is 2.60 bits per heavy atom. The second-order valence-corrected chi connectivity index (χ2v) is 2.26. The topological polar surface area (TPSA) is 37.3 Å². The van der Waals surface area contributed by atoms with Crippen LogP contribution in [0.15, 0.2) is 12.2 Å². The predicted octanol–water partition coefficient (Wildman–Crippen LogP) is 2.06. The van der Waals surface area contributed by atoms with Gasteiger partial charge in [0, 0.05) is 0 Å². The van der Waals surface area contributed by atoms with Gasteiger partial charge in [-0.05, 0) is 13.3 Å². The maximum Gasteiger partial charge on any atom is 0.310 e. The summed E-state index contributed by atoms with van der Waals surface area (Å²) in [6.07, 6.45) is 5.17. The molecule has 0 aromatic heterocycles. The van der Waals surface area contributed by atoms with Crippen LogP contribution in [-0.4, -0.2) is 11.1 Å². The fourth-order valence-electron chi connectivity index (χ4n) is 0.845. The van der Waals surface area contributed by atoms with Gasteiger partial charge >= 0.3 is 5.97 Å². The first kappa shape index (κ1) is 9.21. The summed E-state index contributed by atoms with van der Waals surface area (Å²) in [5, 5.41) is 8.58. The second kappa shape index (κ2) is 5.03. The highest BCUT2D eigenvalue weighted by Crippen LogP contribution is 2.07. The van der Waals surface area contributed by atoms with Crippen LogP contribution in [0.3, 0.4) is 0 Å². The van der Waals surface area contributed by atoms with Gasteiger partial charge in [-0.1, -0.05) is 25.5 Å². The normalized spacial score (nSPS) is 13.8. The lowest BCUT2D eigenvalue weighted by molar-refractivity contribution is -0.140. The van der Waals surface area contributed by atoms with E-state index in [4.69, 9.17) is 5.11 Å². The minimum atomic E-state index is -0.722. The molecule has 1 atom stereocenters. The minimum absolute atomic E-state index is 0.282. The fourth-order valence-corrected chi connectivity index (χ4v) is 0.845. The van der Waals surface area contributed by atoms with Crippen molar-refractivity contribution in [2.45, 2.75) is 26.7 Å². The van der Waals surface area contributed by atoms with E-state index in [2.05, 4.69) is 0 Å². The number of carboxylic acids is 1. The monoisotopic (exact) mass is 142 g/mol. The lowest BCUT2D eigenvalue weighted by Gasteiger charge is -2.03. The Bertz CT molecular complexity index is 127. The molecule has 0 aromatic carbocycles. The van der Waals surface area contributed by atoms with E-state index in [1.165, 1.54) is 0 Å². The van der Waals surface area contributed by atoms with Gasteiger partial charge in [-0.25, -0.2) is 0 Å². The summed E-state index contributed by atoms with van der Waals surface area (Å²) in [6, 6.07) is 0. The smallest absolute Gasteiger partial charge is 0.310 e. The molecule has 58 valence electrons. The Balaban J connectivity index is 3.85. The zero-order chi connectivity index (χ0) is 7.98. The van der Waals surface area contributed by atoms with Crippen LogP contribution in [0.4, 0.5) is 0 Å². The van der Waals surface area contributed by atoms with Gasteiger partial charge in [-0.15, -0.1) is 0 Å². The van der Waals surface area contributed by atoms with E-state index in [-0.39, 0.29) is 5.92 Å². The van der Waals surface area contributed by atoms with Crippen molar-refractivity contribution in [1.82, 2.24) is 0 Å².